The molecule has 0 amide bonds. The lowest BCUT2D eigenvalue weighted by atomic mass is 10.00. The Kier molecular flexibility index (Phi) is 4.54. The molecule has 0 saturated carbocycles. The molecule has 106 valence electrons. The fraction of sp³-hybridized carbons (Fsp3) is 0.538. The van der Waals surface area contributed by atoms with Crippen LogP contribution < -0.4 is 5.32 Å². The van der Waals surface area contributed by atoms with E-state index >= 15 is 0 Å². The number of rotatable bonds is 4. The Morgan fingerprint density at radius 1 is 1.42 bits per heavy atom. The monoisotopic (exact) mass is 286 g/mol. The fourth-order valence-electron chi connectivity index (χ4n) is 2.49. The van der Waals surface area contributed by atoms with E-state index in [-0.39, 0.29) is 4.90 Å². The van der Waals surface area contributed by atoms with Gasteiger partial charge in [0, 0.05) is 13.1 Å². The van der Waals surface area contributed by atoms with Gasteiger partial charge < -0.3 is 5.32 Å². The van der Waals surface area contributed by atoms with Gasteiger partial charge in [0.1, 0.15) is 10.7 Å². The van der Waals surface area contributed by atoms with Crippen LogP contribution in [0.15, 0.2) is 29.2 Å². The summed E-state index contributed by atoms with van der Waals surface area (Å²) in [7, 11) is -1.86. The van der Waals surface area contributed by atoms with Crippen molar-refractivity contribution in [2.75, 3.05) is 26.7 Å². The molecule has 1 heterocycles. The Morgan fingerprint density at radius 3 is 2.84 bits per heavy atom. The first-order valence-electron chi connectivity index (χ1n) is 6.45. The van der Waals surface area contributed by atoms with Crippen molar-refractivity contribution < 1.29 is 12.8 Å². The molecule has 1 aromatic carbocycles. The predicted molar refractivity (Wildman–Crippen MR) is 71.8 cm³/mol. The highest BCUT2D eigenvalue weighted by atomic mass is 32.2. The molecule has 1 aliphatic rings. The number of hydrogen-bond donors (Lipinski definition) is 1. The van der Waals surface area contributed by atoms with Crippen LogP contribution in [0.25, 0.3) is 0 Å². The van der Waals surface area contributed by atoms with Crippen molar-refractivity contribution in [3.63, 3.8) is 0 Å². The molecule has 1 N–H and O–H groups in total. The smallest absolute Gasteiger partial charge is 0.245 e. The van der Waals surface area contributed by atoms with E-state index in [1.54, 1.807) is 6.07 Å². The van der Waals surface area contributed by atoms with E-state index in [1.807, 2.05) is 7.05 Å². The Balaban J connectivity index is 2.22. The Morgan fingerprint density at radius 2 is 2.16 bits per heavy atom. The standard InChI is InChI=1S/C13H19FN2O2S/c1-15-9-11-5-4-8-16(10-11)19(17,18)13-7-3-2-6-12(13)14/h2-3,6-7,11,15H,4-5,8-10H2,1H3/t11-/m0/s1. The zero-order valence-corrected chi connectivity index (χ0v) is 11.8. The highest BCUT2D eigenvalue weighted by Gasteiger charge is 2.31. The topological polar surface area (TPSA) is 49.4 Å². The largest absolute Gasteiger partial charge is 0.319 e. The number of benzene rings is 1. The van der Waals surface area contributed by atoms with Crippen LogP contribution in [0.5, 0.6) is 0 Å². The van der Waals surface area contributed by atoms with Gasteiger partial charge in [-0.1, -0.05) is 12.1 Å². The molecular formula is C13H19FN2O2S. The lowest BCUT2D eigenvalue weighted by molar-refractivity contribution is 0.263. The van der Waals surface area contributed by atoms with Crippen molar-refractivity contribution in [2.45, 2.75) is 17.7 Å². The van der Waals surface area contributed by atoms with Crippen LogP contribution in [-0.2, 0) is 10.0 Å². The molecule has 0 bridgehead atoms. The molecule has 2 rings (SSSR count). The van der Waals surface area contributed by atoms with Crippen molar-refractivity contribution in [3.05, 3.63) is 30.1 Å². The summed E-state index contributed by atoms with van der Waals surface area (Å²) in [5.74, 6) is -0.390. The summed E-state index contributed by atoms with van der Waals surface area (Å²) in [6, 6.07) is 5.55. The summed E-state index contributed by atoms with van der Waals surface area (Å²) < 4.78 is 39.9. The van der Waals surface area contributed by atoms with Gasteiger partial charge in [0.2, 0.25) is 10.0 Å². The second-order valence-corrected chi connectivity index (χ2v) is 6.77. The number of piperidine rings is 1. The first kappa shape index (κ1) is 14.4. The number of sulfonamides is 1. The van der Waals surface area contributed by atoms with Crippen LogP contribution in [0.3, 0.4) is 0 Å². The maximum Gasteiger partial charge on any atom is 0.245 e. The van der Waals surface area contributed by atoms with Gasteiger partial charge in [0.15, 0.2) is 0 Å². The molecule has 0 aliphatic carbocycles. The first-order chi connectivity index (χ1) is 9.05. The van der Waals surface area contributed by atoms with Gasteiger partial charge in [-0.15, -0.1) is 0 Å². The molecule has 1 saturated heterocycles. The molecular weight excluding hydrogens is 267 g/mol. The maximum absolute atomic E-state index is 13.7. The van der Waals surface area contributed by atoms with Gasteiger partial charge in [-0.2, -0.15) is 4.31 Å². The minimum Gasteiger partial charge on any atom is -0.319 e. The molecule has 6 heteroatoms. The van der Waals surface area contributed by atoms with Gasteiger partial charge in [-0.3, -0.25) is 0 Å². The summed E-state index contributed by atoms with van der Waals surface area (Å²) in [6.45, 7) is 1.71. The zero-order chi connectivity index (χ0) is 13.9. The van der Waals surface area contributed by atoms with E-state index in [1.165, 1.54) is 22.5 Å². The van der Waals surface area contributed by atoms with Gasteiger partial charge in [-0.25, -0.2) is 12.8 Å². The quantitative estimate of drug-likeness (QED) is 0.911. The average Bonchev–Trinajstić information content (AvgIpc) is 2.40. The third-order valence-electron chi connectivity index (χ3n) is 3.43. The molecule has 1 atom stereocenters. The van der Waals surface area contributed by atoms with Gasteiger partial charge in [-0.05, 0) is 44.5 Å². The molecule has 4 nitrogen and oxygen atoms in total. The van der Waals surface area contributed by atoms with Crippen molar-refractivity contribution in [2.24, 2.45) is 5.92 Å². The minimum atomic E-state index is -3.71. The molecule has 0 spiro atoms. The van der Waals surface area contributed by atoms with Crippen LogP contribution in [0.1, 0.15) is 12.8 Å². The zero-order valence-electron chi connectivity index (χ0n) is 11.0. The summed E-state index contributed by atoms with van der Waals surface area (Å²) in [4.78, 5) is -0.222. The Bertz CT molecular complexity index is 531. The summed E-state index contributed by atoms with van der Waals surface area (Å²) in [5, 5.41) is 3.07. The molecule has 1 aliphatic heterocycles. The molecule has 19 heavy (non-hydrogen) atoms. The molecule has 1 fully saturated rings. The summed E-state index contributed by atoms with van der Waals surface area (Å²) in [5.41, 5.74) is 0. The van der Waals surface area contributed by atoms with Gasteiger partial charge in [0.05, 0.1) is 0 Å². The lowest BCUT2D eigenvalue weighted by Gasteiger charge is -2.31. The molecule has 0 aromatic heterocycles. The first-order valence-corrected chi connectivity index (χ1v) is 7.89. The summed E-state index contributed by atoms with van der Waals surface area (Å²) >= 11 is 0. The van der Waals surface area contributed by atoms with E-state index in [0.29, 0.717) is 19.0 Å². The number of nitrogens with zero attached hydrogens (tertiary/aromatic N) is 1. The third-order valence-corrected chi connectivity index (χ3v) is 5.33. The number of halogens is 1. The number of hydrogen-bond acceptors (Lipinski definition) is 3. The van der Waals surface area contributed by atoms with E-state index in [2.05, 4.69) is 5.32 Å². The SMILES string of the molecule is CNC[C@@H]1CCCN(S(=O)(=O)c2ccccc2F)C1. The lowest BCUT2D eigenvalue weighted by Crippen LogP contribution is -2.42. The van der Waals surface area contributed by atoms with Crippen molar-refractivity contribution in [1.82, 2.24) is 9.62 Å². The minimum absolute atomic E-state index is 0.222. The van der Waals surface area contributed by atoms with Crippen LogP contribution in [0.4, 0.5) is 4.39 Å². The second kappa shape index (κ2) is 5.98. The second-order valence-electron chi connectivity index (χ2n) is 4.86. The van der Waals surface area contributed by atoms with Crippen LogP contribution in [-0.4, -0.2) is 39.4 Å². The van der Waals surface area contributed by atoms with Gasteiger partial charge >= 0.3 is 0 Å². The predicted octanol–water partition coefficient (Wildman–Crippen LogP) is 1.45. The van der Waals surface area contributed by atoms with Crippen LogP contribution >= 0.6 is 0 Å². The van der Waals surface area contributed by atoms with E-state index in [0.717, 1.165) is 19.4 Å². The maximum atomic E-state index is 13.7. The third kappa shape index (κ3) is 3.13. The van der Waals surface area contributed by atoms with E-state index in [9.17, 15) is 12.8 Å². The van der Waals surface area contributed by atoms with E-state index < -0.39 is 15.8 Å². The normalized spacial score (nSPS) is 21.5. The highest BCUT2D eigenvalue weighted by Crippen LogP contribution is 2.24. The van der Waals surface area contributed by atoms with Crippen LogP contribution in [0, 0.1) is 11.7 Å². The van der Waals surface area contributed by atoms with Gasteiger partial charge in [0.25, 0.3) is 0 Å². The van der Waals surface area contributed by atoms with Crippen molar-refractivity contribution >= 4 is 10.0 Å². The fourth-order valence-corrected chi connectivity index (χ4v) is 4.11. The van der Waals surface area contributed by atoms with Crippen molar-refractivity contribution in [3.8, 4) is 0 Å². The van der Waals surface area contributed by atoms with Crippen LogP contribution in [0.2, 0.25) is 0 Å². The Hall–Kier alpha value is -0.980. The highest BCUT2D eigenvalue weighted by molar-refractivity contribution is 7.89. The number of nitrogens with one attached hydrogen (secondary N) is 1. The van der Waals surface area contributed by atoms with Crippen molar-refractivity contribution in [1.29, 1.82) is 0 Å². The summed E-state index contributed by atoms with van der Waals surface area (Å²) in [6.07, 6.45) is 1.82. The van der Waals surface area contributed by atoms with E-state index in [4.69, 9.17) is 0 Å². The molecule has 1 aromatic rings. The average molecular weight is 286 g/mol. The Labute approximate surface area is 113 Å². The molecule has 0 unspecified atom stereocenters. The molecule has 0 radical (unpaired) electrons.